The van der Waals surface area contributed by atoms with Gasteiger partial charge >= 0.3 is 0 Å². The minimum absolute atomic E-state index is 0.192. The van der Waals surface area contributed by atoms with Crippen molar-refractivity contribution in [2.24, 2.45) is 13.0 Å². The SMILES string of the molecule is Cn1ncnc1CC(CBr)Cc1ccc(F)cc1. The molecule has 96 valence electrons. The van der Waals surface area contributed by atoms with Crippen molar-refractivity contribution in [2.45, 2.75) is 12.8 Å². The molecule has 0 saturated heterocycles. The van der Waals surface area contributed by atoms with Crippen LogP contribution in [0.25, 0.3) is 0 Å². The van der Waals surface area contributed by atoms with Crippen molar-refractivity contribution in [3.05, 3.63) is 47.8 Å². The summed E-state index contributed by atoms with van der Waals surface area (Å²) in [7, 11) is 1.89. The van der Waals surface area contributed by atoms with E-state index in [0.29, 0.717) is 5.92 Å². The fourth-order valence-corrected chi connectivity index (χ4v) is 2.36. The normalized spacial score (nSPS) is 12.6. The Kier molecular flexibility index (Phi) is 4.47. The molecule has 0 radical (unpaired) electrons. The molecule has 0 aliphatic rings. The highest BCUT2D eigenvalue weighted by atomic mass is 79.9. The average molecular weight is 312 g/mol. The van der Waals surface area contributed by atoms with Gasteiger partial charge in [-0.15, -0.1) is 0 Å². The summed E-state index contributed by atoms with van der Waals surface area (Å²) < 4.78 is 14.6. The number of rotatable bonds is 5. The Hall–Kier alpha value is -1.23. The molecule has 0 saturated carbocycles. The van der Waals surface area contributed by atoms with E-state index in [2.05, 4.69) is 26.0 Å². The van der Waals surface area contributed by atoms with Crippen LogP contribution < -0.4 is 0 Å². The Balaban J connectivity index is 2.01. The highest BCUT2D eigenvalue weighted by molar-refractivity contribution is 9.09. The van der Waals surface area contributed by atoms with Crippen LogP contribution in [0.3, 0.4) is 0 Å². The van der Waals surface area contributed by atoms with Crippen molar-refractivity contribution < 1.29 is 4.39 Å². The van der Waals surface area contributed by atoms with Crippen LogP contribution in [0, 0.1) is 11.7 Å². The van der Waals surface area contributed by atoms with E-state index in [0.717, 1.165) is 29.6 Å². The summed E-state index contributed by atoms with van der Waals surface area (Å²) in [6, 6.07) is 6.68. The first-order valence-corrected chi connectivity index (χ1v) is 6.94. The number of halogens is 2. The summed E-state index contributed by atoms with van der Waals surface area (Å²) in [4.78, 5) is 4.23. The Labute approximate surface area is 114 Å². The minimum Gasteiger partial charge on any atom is -0.253 e. The molecule has 2 rings (SSSR count). The molecule has 3 nitrogen and oxygen atoms in total. The number of aromatic nitrogens is 3. The van der Waals surface area contributed by atoms with E-state index in [-0.39, 0.29) is 5.82 Å². The summed E-state index contributed by atoms with van der Waals surface area (Å²) in [6.45, 7) is 0. The topological polar surface area (TPSA) is 30.7 Å². The predicted molar refractivity (Wildman–Crippen MR) is 72.1 cm³/mol. The third kappa shape index (κ3) is 3.38. The second kappa shape index (κ2) is 6.09. The molecule has 0 aliphatic heterocycles. The molecular weight excluding hydrogens is 297 g/mol. The van der Waals surface area contributed by atoms with E-state index < -0.39 is 0 Å². The Bertz CT molecular complexity index is 495. The molecule has 1 aromatic carbocycles. The van der Waals surface area contributed by atoms with Crippen LogP contribution in [0.2, 0.25) is 0 Å². The van der Waals surface area contributed by atoms with Gasteiger partial charge in [-0.1, -0.05) is 28.1 Å². The maximum atomic E-state index is 12.8. The maximum absolute atomic E-state index is 12.8. The van der Waals surface area contributed by atoms with Gasteiger partial charge in [-0.2, -0.15) is 5.10 Å². The van der Waals surface area contributed by atoms with E-state index in [1.807, 2.05) is 19.2 Å². The van der Waals surface area contributed by atoms with Gasteiger partial charge in [0.25, 0.3) is 0 Å². The third-order valence-electron chi connectivity index (χ3n) is 2.93. The van der Waals surface area contributed by atoms with Gasteiger partial charge in [-0.05, 0) is 30.0 Å². The quantitative estimate of drug-likeness (QED) is 0.795. The van der Waals surface area contributed by atoms with Crippen LogP contribution in [-0.4, -0.2) is 20.1 Å². The summed E-state index contributed by atoms with van der Waals surface area (Å²) in [5.41, 5.74) is 1.14. The number of aryl methyl sites for hydroxylation is 1. The molecule has 5 heteroatoms. The zero-order valence-electron chi connectivity index (χ0n) is 10.2. The number of alkyl halides is 1. The van der Waals surface area contributed by atoms with Crippen LogP contribution in [0.1, 0.15) is 11.4 Å². The lowest BCUT2D eigenvalue weighted by Gasteiger charge is -2.13. The van der Waals surface area contributed by atoms with Crippen molar-refractivity contribution >= 4 is 15.9 Å². The van der Waals surface area contributed by atoms with Gasteiger partial charge in [-0.3, -0.25) is 4.68 Å². The van der Waals surface area contributed by atoms with E-state index in [1.54, 1.807) is 11.0 Å². The summed E-state index contributed by atoms with van der Waals surface area (Å²) in [5, 5.41) is 4.95. The van der Waals surface area contributed by atoms with Crippen molar-refractivity contribution in [2.75, 3.05) is 5.33 Å². The second-order valence-corrected chi connectivity index (χ2v) is 5.00. The fraction of sp³-hybridized carbons (Fsp3) is 0.385. The number of hydrogen-bond acceptors (Lipinski definition) is 2. The predicted octanol–water partition coefficient (Wildman–Crippen LogP) is 2.75. The molecule has 18 heavy (non-hydrogen) atoms. The monoisotopic (exact) mass is 311 g/mol. The molecule has 1 aromatic heterocycles. The van der Waals surface area contributed by atoms with E-state index in [4.69, 9.17) is 0 Å². The van der Waals surface area contributed by atoms with Crippen LogP contribution in [0.4, 0.5) is 4.39 Å². The van der Waals surface area contributed by atoms with Crippen molar-refractivity contribution in [3.63, 3.8) is 0 Å². The zero-order chi connectivity index (χ0) is 13.0. The van der Waals surface area contributed by atoms with Crippen molar-refractivity contribution in [1.29, 1.82) is 0 Å². The van der Waals surface area contributed by atoms with E-state index in [1.165, 1.54) is 12.1 Å². The van der Waals surface area contributed by atoms with Gasteiger partial charge in [0.2, 0.25) is 0 Å². The number of benzene rings is 1. The first kappa shape index (κ1) is 13.2. The lowest BCUT2D eigenvalue weighted by atomic mass is 9.98. The highest BCUT2D eigenvalue weighted by Crippen LogP contribution is 2.16. The summed E-state index contributed by atoms with van der Waals surface area (Å²) in [5.74, 6) is 1.21. The van der Waals surface area contributed by atoms with Gasteiger partial charge in [0.15, 0.2) is 0 Å². The summed E-state index contributed by atoms with van der Waals surface area (Å²) in [6.07, 6.45) is 3.33. The Morgan fingerprint density at radius 2 is 2.00 bits per heavy atom. The summed E-state index contributed by atoms with van der Waals surface area (Å²) >= 11 is 3.53. The zero-order valence-corrected chi connectivity index (χ0v) is 11.8. The molecular formula is C13H15BrFN3. The van der Waals surface area contributed by atoms with Crippen LogP contribution in [-0.2, 0) is 19.9 Å². The minimum atomic E-state index is -0.192. The lowest BCUT2D eigenvalue weighted by Crippen LogP contribution is -2.13. The van der Waals surface area contributed by atoms with Crippen molar-refractivity contribution in [3.8, 4) is 0 Å². The van der Waals surface area contributed by atoms with Gasteiger partial charge in [0, 0.05) is 18.8 Å². The Morgan fingerprint density at radius 1 is 1.28 bits per heavy atom. The number of nitrogens with zero attached hydrogens (tertiary/aromatic N) is 3. The van der Waals surface area contributed by atoms with Gasteiger partial charge in [-0.25, -0.2) is 9.37 Å². The molecule has 0 aliphatic carbocycles. The van der Waals surface area contributed by atoms with Gasteiger partial charge in [0.1, 0.15) is 18.0 Å². The van der Waals surface area contributed by atoms with Gasteiger partial charge in [0.05, 0.1) is 0 Å². The highest BCUT2D eigenvalue weighted by Gasteiger charge is 2.12. The molecule has 0 spiro atoms. The van der Waals surface area contributed by atoms with Crippen LogP contribution in [0.5, 0.6) is 0 Å². The molecule has 2 aromatic rings. The molecule has 0 N–H and O–H groups in total. The number of hydrogen-bond donors (Lipinski definition) is 0. The molecule has 0 fully saturated rings. The average Bonchev–Trinajstić information content (AvgIpc) is 2.77. The molecule has 1 heterocycles. The first-order valence-electron chi connectivity index (χ1n) is 5.82. The Morgan fingerprint density at radius 3 is 2.56 bits per heavy atom. The van der Waals surface area contributed by atoms with Crippen molar-refractivity contribution in [1.82, 2.24) is 14.8 Å². The first-order chi connectivity index (χ1) is 8.69. The lowest BCUT2D eigenvalue weighted by molar-refractivity contribution is 0.547. The van der Waals surface area contributed by atoms with Gasteiger partial charge < -0.3 is 0 Å². The van der Waals surface area contributed by atoms with Crippen LogP contribution >= 0.6 is 15.9 Å². The second-order valence-electron chi connectivity index (χ2n) is 4.35. The fourth-order valence-electron chi connectivity index (χ4n) is 1.90. The molecule has 0 amide bonds. The standard InChI is InChI=1S/C13H15BrFN3/c1-18-13(16-9-17-18)7-11(8-14)6-10-2-4-12(15)5-3-10/h2-5,9,11H,6-8H2,1H3. The van der Waals surface area contributed by atoms with E-state index in [9.17, 15) is 4.39 Å². The molecule has 1 unspecified atom stereocenters. The molecule has 0 bridgehead atoms. The van der Waals surface area contributed by atoms with E-state index >= 15 is 0 Å². The van der Waals surface area contributed by atoms with Crippen LogP contribution in [0.15, 0.2) is 30.6 Å². The molecule has 1 atom stereocenters. The largest absolute Gasteiger partial charge is 0.253 e. The maximum Gasteiger partial charge on any atom is 0.138 e. The third-order valence-corrected chi connectivity index (χ3v) is 3.85. The smallest absolute Gasteiger partial charge is 0.138 e.